The number of unbranched alkanes of at least 4 members (excludes halogenated alkanes) is 1. The average Bonchev–Trinajstić information content (AvgIpc) is 3.22. The zero-order valence-electron chi connectivity index (χ0n) is 18.8. The van der Waals surface area contributed by atoms with Crippen LogP contribution in [0.5, 0.6) is 0 Å². The number of amides is 2. The fourth-order valence-corrected chi connectivity index (χ4v) is 4.19. The van der Waals surface area contributed by atoms with Gasteiger partial charge in [0.1, 0.15) is 5.82 Å². The van der Waals surface area contributed by atoms with Gasteiger partial charge in [-0.2, -0.15) is 9.61 Å². The van der Waals surface area contributed by atoms with E-state index in [0.29, 0.717) is 17.2 Å². The molecular formula is C25H26BrClN6O. The van der Waals surface area contributed by atoms with Gasteiger partial charge in [-0.25, -0.2) is 9.78 Å². The molecule has 0 aliphatic rings. The first-order chi connectivity index (χ1) is 16.5. The topological polar surface area (TPSA) is 83.4 Å². The van der Waals surface area contributed by atoms with E-state index in [0.717, 1.165) is 46.5 Å². The van der Waals surface area contributed by atoms with Crippen molar-refractivity contribution in [1.82, 2.24) is 25.2 Å². The van der Waals surface area contributed by atoms with E-state index in [9.17, 15) is 4.79 Å². The summed E-state index contributed by atoms with van der Waals surface area (Å²) in [6, 6.07) is 19.3. The number of aromatic nitrogens is 3. The fraction of sp³-hybridized carbons (Fsp3) is 0.240. The number of benzene rings is 2. The van der Waals surface area contributed by atoms with E-state index in [4.69, 9.17) is 16.6 Å². The van der Waals surface area contributed by atoms with Crippen molar-refractivity contribution in [3.63, 3.8) is 0 Å². The summed E-state index contributed by atoms with van der Waals surface area (Å²) in [6.07, 6.45) is 3.44. The number of rotatable bonds is 9. The van der Waals surface area contributed by atoms with Crippen LogP contribution in [0.2, 0.25) is 5.02 Å². The first-order valence-corrected chi connectivity index (χ1v) is 12.3. The predicted molar refractivity (Wildman–Crippen MR) is 140 cm³/mol. The number of hydrogen-bond acceptors (Lipinski definition) is 4. The number of fused-ring (bicyclic) bond motifs is 1. The molecule has 9 heteroatoms. The van der Waals surface area contributed by atoms with Crippen molar-refractivity contribution in [1.29, 1.82) is 0 Å². The minimum absolute atomic E-state index is 0.0438. The Hall–Kier alpha value is -3.10. The van der Waals surface area contributed by atoms with Crippen LogP contribution < -0.4 is 16.0 Å². The summed E-state index contributed by atoms with van der Waals surface area (Å²) in [5, 5.41) is 14.4. The van der Waals surface area contributed by atoms with Crippen molar-refractivity contribution in [2.75, 3.05) is 18.4 Å². The van der Waals surface area contributed by atoms with Gasteiger partial charge >= 0.3 is 6.03 Å². The maximum Gasteiger partial charge on any atom is 0.315 e. The molecule has 4 rings (SSSR count). The summed E-state index contributed by atoms with van der Waals surface area (Å²) in [4.78, 5) is 16.9. The molecule has 34 heavy (non-hydrogen) atoms. The number of hydrogen-bond donors (Lipinski definition) is 3. The van der Waals surface area contributed by atoms with Gasteiger partial charge in [0, 0.05) is 29.7 Å². The maximum atomic E-state index is 12.2. The molecule has 176 valence electrons. The van der Waals surface area contributed by atoms with Gasteiger partial charge in [0.05, 0.1) is 22.4 Å². The van der Waals surface area contributed by atoms with Gasteiger partial charge in [-0.1, -0.05) is 60.1 Å². The average molecular weight is 542 g/mol. The highest BCUT2D eigenvalue weighted by molar-refractivity contribution is 9.10. The standard InChI is InChI=1S/C25H26BrClN6O/c1-17(18-9-3-2-4-10-18)31-25(34)29-14-8-7-13-28-23-15-22(19-11-5-6-12-21(19)27)32-24-20(26)16-30-33(23)24/h2-6,9-12,15-17,28H,7-8,13-14H2,1H3,(H2,29,31,34). The lowest BCUT2D eigenvalue weighted by Gasteiger charge is -2.15. The second-order valence-corrected chi connectivity index (χ2v) is 9.16. The quantitative estimate of drug-likeness (QED) is 0.225. The molecule has 0 saturated carbocycles. The second kappa shape index (κ2) is 11.4. The third-order valence-electron chi connectivity index (χ3n) is 5.42. The van der Waals surface area contributed by atoms with Crippen LogP contribution in [0.3, 0.4) is 0 Å². The van der Waals surface area contributed by atoms with E-state index in [1.807, 2.05) is 67.6 Å². The van der Waals surface area contributed by atoms with E-state index in [-0.39, 0.29) is 12.1 Å². The number of nitrogens with one attached hydrogen (secondary N) is 3. The van der Waals surface area contributed by atoms with Gasteiger partial charge in [-0.15, -0.1) is 0 Å². The Morgan fingerprint density at radius 3 is 2.62 bits per heavy atom. The lowest BCUT2D eigenvalue weighted by Crippen LogP contribution is -2.37. The molecule has 2 heterocycles. The van der Waals surface area contributed by atoms with Gasteiger partial charge in [-0.3, -0.25) is 0 Å². The lowest BCUT2D eigenvalue weighted by molar-refractivity contribution is 0.237. The minimum atomic E-state index is -0.161. The SMILES string of the molecule is CC(NC(=O)NCCCCNc1cc(-c2ccccc2Cl)nc2c(Br)cnn12)c1ccccc1. The number of nitrogens with zero attached hydrogens (tertiary/aromatic N) is 3. The summed E-state index contributed by atoms with van der Waals surface area (Å²) >= 11 is 9.92. The van der Waals surface area contributed by atoms with E-state index < -0.39 is 0 Å². The number of urea groups is 1. The molecule has 0 fully saturated rings. The molecule has 3 N–H and O–H groups in total. The van der Waals surface area contributed by atoms with Gasteiger partial charge in [0.15, 0.2) is 5.65 Å². The molecule has 7 nitrogen and oxygen atoms in total. The molecule has 0 bridgehead atoms. The Balaban J connectivity index is 1.29. The highest BCUT2D eigenvalue weighted by atomic mass is 79.9. The Bertz CT molecular complexity index is 1260. The summed E-state index contributed by atoms with van der Waals surface area (Å²) in [5.41, 5.74) is 3.42. The Labute approximate surface area is 212 Å². The van der Waals surface area contributed by atoms with E-state index in [2.05, 4.69) is 37.0 Å². The van der Waals surface area contributed by atoms with Crippen molar-refractivity contribution in [2.45, 2.75) is 25.8 Å². The molecule has 0 radical (unpaired) electrons. The summed E-state index contributed by atoms with van der Waals surface area (Å²) in [6.45, 7) is 3.29. The summed E-state index contributed by atoms with van der Waals surface area (Å²) in [7, 11) is 0. The molecule has 0 saturated heterocycles. The first kappa shape index (κ1) is 24.0. The number of carbonyl (C=O) groups excluding carboxylic acids is 1. The van der Waals surface area contributed by atoms with Crippen molar-refractivity contribution in [2.24, 2.45) is 0 Å². The monoisotopic (exact) mass is 540 g/mol. The van der Waals surface area contributed by atoms with Crippen LogP contribution in [0.1, 0.15) is 31.4 Å². The molecule has 2 amide bonds. The molecule has 1 unspecified atom stereocenters. The lowest BCUT2D eigenvalue weighted by atomic mass is 10.1. The van der Waals surface area contributed by atoms with Crippen molar-refractivity contribution in [3.05, 3.63) is 81.9 Å². The second-order valence-electron chi connectivity index (χ2n) is 7.90. The van der Waals surface area contributed by atoms with Gasteiger partial charge in [-0.05, 0) is 47.3 Å². The highest BCUT2D eigenvalue weighted by Gasteiger charge is 2.13. The molecule has 1 atom stereocenters. The number of anilines is 1. The molecule has 0 spiro atoms. The molecule has 2 aromatic carbocycles. The highest BCUT2D eigenvalue weighted by Crippen LogP contribution is 2.30. The van der Waals surface area contributed by atoms with E-state index in [1.54, 1.807) is 10.7 Å². The zero-order valence-corrected chi connectivity index (χ0v) is 21.1. The normalized spacial score (nSPS) is 11.9. The van der Waals surface area contributed by atoms with Crippen LogP contribution >= 0.6 is 27.5 Å². The van der Waals surface area contributed by atoms with Gasteiger partial charge in [0.2, 0.25) is 0 Å². The Kier molecular flexibility index (Phi) is 8.03. The summed E-state index contributed by atoms with van der Waals surface area (Å²) < 4.78 is 2.57. The first-order valence-electron chi connectivity index (χ1n) is 11.2. The number of halogens is 2. The molecule has 0 aliphatic heterocycles. The minimum Gasteiger partial charge on any atom is -0.370 e. The van der Waals surface area contributed by atoms with Crippen LogP contribution in [0, 0.1) is 0 Å². The molecular weight excluding hydrogens is 516 g/mol. The molecule has 2 aromatic heterocycles. The largest absolute Gasteiger partial charge is 0.370 e. The number of carbonyl (C=O) groups is 1. The van der Waals surface area contributed by atoms with Crippen molar-refractivity contribution in [3.8, 4) is 11.3 Å². The maximum absolute atomic E-state index is 12.2. The van der Waals surface area contributed by atoms with Crippen LogP contribution in [0.4, 0.5) is 10.6 Å². The van der Waals surface area contributed by atoms with Crippen LogP contribution in [0.25, 0.3) is 16.9 Å². The van der Waals surface area contributed by atoms with Gasteiger partial charge in [0.25, 0.3) is 0 Å². The third kappa shape index (κ3) is 5.87. The Morgan fingerprint density at radius 1 is 1.09 bits per heavy atom. The zero-order chi connectivity index (χ0) is 23.9. The van der Waals surface area contributed by atoms with E-state index >= 15 is 0 Å². The van der Waals surface area contributed by atoms with Crippen LogP contribution in [0.15, 0.2) is 71.3 Å². The van der Waals surface area contributed by atoms with Crippen LogP contribution in [-0.4, -0.2) is 33.7 Å². The van der Waals surface area contributed by atoms with Crippen molar-refractivity contribution < 1.29 is 4.79 Å². The van der Waals surface area contributed by atoms with E-state index in [1.165, 1.54) is 0 Å². The molecule has 0 aliphatic carbocycles. The smallest absolute Gasteiger partial charge is 0.315 e. The van der Waals surface area contributed by atoms with Gasteiger partial charge < -0.3 is 16.0 Å². The summed E-state index contributed by atoms with van der Waals surface area (Å²) in [5.74, 6) is 0.827. The van der Waals surface area contributed by atoms with Crippen LogP contribution in [-0.2, 0) is 0 Å². The predicted octanol–water partition coefficient (Wildman–Crippen LogP) is 6.06. The fourth-order valence-electron chi connectivity index (χ4n) is 3.61. The third-order valence-corrected chi connectivity index (χ3v) is 6.31. The Morgan fingerprint density at radius 2 is 1.82 bits per heavy atom. The van der Waals surface area contributed by atoms with Crippen molar-refractivity contribution >= 4 is 45.0 Å². The molecule has 4 aromatic rings.